The van der Waals surface area contributed by atoms with E-state index in [4.69, 9.17) is 0 Å². The smallest absolute Gasteiger partial charge is 0.187 e. The van der Waals surface area contributed by atoms with Gasteiger partial charge in [-0.05, 0) is 18.2 Å². The van der Waals surface area contributed by atoms with E-state index in [1.165, 1.54) is 0 Å². The average molecular weight is 341 g/mol. The molecular weight excluding hydrogens is 318 g/mol. The van der Waals surface area contributed by atoms with Gasteiger partial charge >= 0.3 is 0 Å². The maximum absolute atomic E-state index is 12.7. The number of carbonyl (C=O) groups excluding carboxylic acids is 1. The maximum Gasteiger partial charge on any atom is 0.187 e. The normalized spacial score (nSPS) is 19.2. The van der Waals surface area contributed by atoms with Crippen LogP contribution in [-0.2, 0) is 4.79 Å². The second-order valence-electron chi connectivity index (χ2n) is 6.42. The summed E-state index contributed by atoms with van der Waals surface area (Å²) in [6.07, 6.45) is 11.8. The number of likely N-dealkylation sites (tertiary alicyclic amines) is 1. The van der Waals surface area contributed by atoms with Gasteiger partial charge in [0, 0.05) is 24.2 Å². The first-order valence-electron chi connectivity index (χ1n) is 8.80. The van der Waals surface area contributed by atoms with E-state index >= 15 is 0 Å². The third-order valence-electron chi connectivity index (χ3n) is 4.24. The van der Waals surface area contributed by atoms with Crippen LogP contribution in [0.2, 0.25) is 0 Å². The summed E-state index contributed by atoms with van der Waals surface area (Å²) in [5.41, 5.74) is 3.90. The Morgan fingerprint density at radius 3 is 1.58 bits per heavy atom. The second-order valence-corrected chi connectivity index (χ2v) is 6.42. The number of hydrogen-bond donors (Lipinski definition) is 0. The van der Waals surface area contributed by atoms with Crippen molar-refractivity contribution in [2.45, 2.75) is 0 Å². The number of allylic oxidation sites excluding steroid dienone is 4. The zero-order valence-electron chi connectivity index (χ0n) is 15.0. The van der Waals surface area contributed by atoms with Gasteiger partial charge in [-0.1, -0.05) is 97.1 Å². The molecule has 0 atom stereocenters. The molecule has 1 aliphatic heterocycles. The molecule has 0 amide bonds. The van der Waals surface area contributed by atoms with Crippen LogP contribution >= 0.6 is 0 Å². The van der Waals surface area contributed by atoms with Crippen molar-refractivity contribution < 1.29 is 4.79 Å². The number of hydrogen-bond acceptors (Lipinski definition) is 2. The SMILES string of the molecule is CN1C/C(=C\C=C\c2ccccc2)C(=O)/C(=C/C=C/c2ccccc2)C1. The van der Waals surface area contributed by atoms with Crippen LogP contribution in [0, 0.1) is 0 Å². The van der Waals surface area contributed by atoms with E-state index in [-0.39, 0.29) is 5.78 Å². The zero-order chi connectivity index (χ0) is 18.2. The van der Waals surface area contributed by atoms with Crippen LogP contribution in [0.1, 0.15) is 11.1 Å². The third-order valence-corrected chi connectivity index (χ3v) is 4.24. The van der Waals surface area contributed by atoms with Gasteiger partial charge in [-0.15, -0.1) is 0 Å². The first-order chi connectivity index (χ1) is 12.7. The molecule has 0 aromatic heterocycles. The Labute approximate surface area is 155 Å². The van der Waals surface area contributed by atoms with Crippen molar-refractivity contribution in [3.05, 3.63) is 107 Å². The Bertz CT molecular complexity index is 786. The summed E-state index contributed by atoms with van der Waals surface area (Å²) in [7, 11) is 2.04. The number of nitrogens with zero attached hydrogens (tertiary/aromatic N) is 1. The van der Waals surface area contributed by atoms with E-state index in [0.717, 1.165) is 22.3 Å². The van der Waals surface area contributed by atoms with Gasteiger partial charge in [0.15, 0.2) is 5.78 Å². The Morgan fingerprint density at radius 2 is 1.15 bits per heavy atom. The molecule has 0 N–H and O–H groups in total. The molecule has 0 saturated carbocycles. The molecule has 2 heteroatoms. The highest BCUT2D eigenvalue weighted by Gasteiger charge is 2.22. The highest BCUT2D eigenvalue weighted by Crippen LogP contribution is 2.17. The standard InChI is InChI=1S/C24H23NO/c1-25-18-22(16-8-14-20-10-4-2-5-11-20)24(26)23(19-25)17-9-15-21-12-6-3-7-13-21/h2-17H,18-19H2,1H3/b14-8+,15-9+,22-16+,23-17+. The average Bonchev–Trinajstić information content (AvgIpc) is 2.67. The van der Waals surface area contributed by atoms with Crippen molar-refractivity contribution in [1.82, 2.24) is 4.90 Å². The molecule has 1 fully saturated rings. The number of ketones is 1. The molecule has 2 nitrogen and oxygen atoms in total. The van der Waals surface area contributed by atoms with E-state index < -0.39 is 0 Å². The van der Waals surface area contributed by atoms with Crippen molar-refractivity contribution in [2.24, 2.45) is 0 Å². The summed E-state index contributed by atoms with van der Waals surface area (Å²) in [5.74, 6) is 0.138. The van der Waals surface area contributed by atoms with Crippen LogP contribution in [-0.4, -0.2) is 30.8 Å². The molecule has 1 aliphatic rings. The molecule has 1 heterocycles. The lowest BCUT2D eigenvalue weighted by Gasteiger charge is -2.25. The minimum atomic E-state index is 0.138. The maximum atomic E-state index is 12.7. The molecule has 3 rings (SSSR count). The Morgan fingerprint density at radius 1 is 0.731 bits per heavy atom. The highest BCUT2D eigenvalue weighted by molar-refractivity contribution is 6.10. The Kier molecular flexibility index (Phi) is 6.13. The molecule has 26 heavy (non-hydrogen) atoms. The van der Waals surface area contributed by atoms with Crippen LogP contribution < -0.4 is 0 Å². The molecule has 0 bridgehead atoms. The number of benzene rings is 2. The van der Waals surface area contributed by atoms with Crippen LogP contribution in [0.15, 0.2) is 96.1 Å². The summed E-state index contributed by atoms with van der Waals surface area (Å²) < 4.78 is 0. The Hall–Kier alpha value is -2.97. The molecule has 1 saturated heterocycles. The van der Waals surface area contributed by atoms with Crippen LogP contribution in [0.4, 0.5) is 0 Å². The van der Waals surface area contributed by atoms with E-state index in [0.29, 0.717) is 13.1 Å². The fourth-order valence-corrected chi connectivity index (χ4v) is 2.92. The zero-order valence-corrected chi connectivity index (χ0v) is 15.0. The predicted molar refractivity (Wildman–Crippen MR) is 110 cm³/mol. The van der Waals surface area contributed by atoms with Crippen molar-refractivity contribution in [2.75, 3.05) is 20.1 Å². The van der Waals surface area contributed by atoms with Crippen molar-refractivity contribution >= 4 is 17.9 Å². The largest absolute Gasteiger partial charge is 0.298 e. The van der Waals surface area contributed by atoms with Crippen LogP contribution in [0.5, 0.6) is 0 Å². The van der Waals surface area contributed by atoms with E-state index in [9.17, 15) is 4.79 Å². The van der Waals surface area contributed by atoms with Crippen molar-refractivity contribution in [3.63, 3.8) is 0 Å². The lowest BCUT2D eigenvalue weighted by Crippen LogP contribution is -2.34. The minimum absolute atomic E-state index is 0.138. The molecule has 2 aromatic rings. The van der Waals surface area contributed by atoms with Gasteiger partial charge in [-0.25, -0.2) is 0 Å². The molecule has 0 spiro atoms. The first kappa shape index (κ1) is 17.8. The summed E-state index contributed by atoms with van der Waals surface area (Å²) in [6.45, 7) is 1.36. The summed E-state index contributed by atoms with van der Waals surface area (Å²) in [4.78, 5) is 14.9. The quantitative estimate of drug-likeness (QED) is 0.746. The topological polar surface area (TPSA) is 20.3 Å². The fourth-order valence-electron chi connectivity index (χ4n) is 2.92. The molecule has 2 aromatic carbocycles. The fraction of sp³-hybridized carbons (Fsp3) is 0.125. The van der Waals surface area contributed by atoms with Gasteiger partial charge in [-0.2, -0.15) is 0 Å². The predicted octanol–water partition coefficient (Wildman–Crippen LogP) is 4.78. The van der Waals surface area contributed by atoms with Gasteiger partial charge in [0.2, 0.25) is 0 Å². The molecule has 0 aliphatic carbocycles. The van der Waals surface area contributed by atoms with Crippen molar-refractivity contribution in [3.8, 4) is 0 Å². The molecule has 130 valence electrons. The minimum Gasteiger partial charge on any atom is -0.298 e. The number of Topliss-reactive ketones (excluding diaryl/α,β-unsaturated/α-hetero) is 1. The van der Waals surface area contributed by atoms with Gasteiger partial charge in [0.05, 0.1) is 0 Å². The van der Waals surface area contributed by atoms with Gasteiger partial charge in [0.25, 0.3) is 0 Å². The van der Waals surface area contributed by atoms with E-state index in [1.807, 2.05) is 104 Å². The number of rotatable bonds is 4. The van der Waals surface area contributed by atoms with E-state index in [1.54, 1.807) is 0 Å². The number of likely N-dealkylation sites (N-methyl/N-ethyl adjacent to an activating group) is 1. The lowest BCUT2D eigenvalue weighted by atomic mass is 9.97. The lowest BCUT2D eigenvalue weighted by molar-refractivity contribution is -0.113. The second kappa shape index (κ2) is 8.93. The third kappa shape index (κ3) is 5.01. The first-order valence-corrected chi connectivity index (χ1v) is 8.80. The summed E-state index contributed by atoms with van der Waals surface area (Å²) in [5, 5.41) is 0. The van der Waals surface area contributed by atoms with E-state index in [2.05, 4.69) is 4.90 Å². The van der Waals surface area contributed by atoms with Gasteiger partial charge in [-0.3, -0.25) is 9.69 Å². The summed E-state index contributed by atoms with van der Waals surface area (Å²) >= 11 is 0. The number of carbonyl (C=O) groups is 1. The highest BCUT2D eigenvalue weighted by atomic mass is 16.1. The van der Waals surface area contributed by atoms with Crippen molar-refractivity contribution in [1.29, 1.82) is 0 Å². The molecule has 0 unspecified atom stereocenters. The van der Waals surface area contributed by atoms with Gasteiger partial charge in [0.1, 0.15) is 0 Å². The van der Waals surface area contributed by atoms with Crippen LogP contribution in [0.3, 0.4) is 0 Å². The molecule has 0 radical (unpaired) electrons. The Balaban J connectivity index is 1.73. The number of piperidine rings is 1. The van der Waals surface area contributed by atoms with Crippen LogP contribution in [0.25, 0.3) is 12.2 Å². The summed E-state index contributed by atoms with van der Waals surface area (Å²) in [6, 6.07) is 20.2. The monoisotopic (exact) mass is 341 g/mol. The van der Waals surface area contributed by atoms with Gasteiger partial charge < -0.3 is 0 Å². The molecular formula is C24H23NO.